The molecular formula is C17H15ClF2N2O4. The van der Waals surface area contributed by atoms with E-state index in [0.29, 0.717) is 17.4 Å². The van der Waals surface area contributed by atoms with E-state index in [9.17, 15) is 18.4 Å². The molecule has 0 aliphatic rings. The zero-order valence-electron chi connectivity index (χ0n) is 13.6. The number of carbonyl (C=O) groups is 2. The first-order valence-corrected chi connectivity index (χ1v) is 7.77. The third-order valence-corrected chi connectivity index (χ3v) is 3.45. The fourth-order valence-corrected chi connectivity index (χ4v) is 2.18. The van der Waals surface area contributed by atoms with E-state index in [0.717, 1.165) is 6.07 Å². The van der Waals surface area contributed by atoms with Crippen LogP contribution >= 0.6 is 11.6 Å². The van der Waals surface area contributed by atoms with E-state index >= 15 is 0 Å². The molecule has 0 heterocycles. The number of hydrogen-bond donors (Lipinski definition) is 2. The molecule has 0 saturated carbocycles. The van der Waals surface area contributed by atoms with Crippen molar-refractivity contribution in [3.8, 4) is 0 Å². The van der Waals surface area contributed by atoms with Gasteiger partial charge in [-0.25, -0.2) is 13.6 Å². The van der Waals surface area contributed by atoms with Crippen LogP contribution in [0.2, 0.25) is 5.02 Å². The molecule has 9 heteroatoms. The quantitative estimate of drug-likeness (QED) is 0.581. The van der Waals surface area contributed by atoms with Crippen molar-refractivity contribution in [1.82, 2.24) is 0 Å². The normalized spacial score (nSPS) is 10.3. The van der Waals surface area contributed by atoms with Crippen LogP contribution in [0.5, 0.6) is 0 Å². The summed E-state index contributed by atoms with van der Waals surface area (Å²) in [5.74, 6) is -3.06. The smallest absolute Gasteiger partial charge is 0.411 e. The van der Waals surface area contributed by atoms with Gasteiger partial charge in [-0.05, 0) is 30.3 Å². The molecule has 0 aliphatic heterocycles. The average molecular weight is 385 g/mol. The van der Waals surface area contributed by atoms with Crippen molar-refractivity contribution in [1.29, 1.82) is 0 Å². The highest BCUT2D eigenvalue weighted by molar-refractivity contribution is 6.34. The van der Waals surface area contributed by atoms with Crippen LogP contribution in [-0.2, 0) is 9.47 Å². The van der Waals surface area contributed by atoms with E-state index in [1.54, 1.807) is 18.2 Å². The molecule has 2 rings (SSSR count). The third-order valence-electron chi connectivity index (χ3n) is 3.14. The molecule has 0 atom stereocenters. The number of halogens is 3. The number of rotatable bonds is 6. The number of hydrogen-bond acceptors (Lipinski definition) is 4. The van der Waals surface area contributed by atoms with Crippen LogP contribution in [-0.4, -0.2) is 32.3 Å². The van der Waals surface area contributed by atoms with Crippen molar-refractivity contribution in [2.75, 3.05) is 31.0 Å². The molecule has 0 bridgehead atoms. The molecule has 0 saturated heterocycles. The molecule has 0 fully saturated rings. The molecule has 2 aromatic rings. The van der Waals surface area contributed by atoms with Gasteiger partial charge in [0.2, 0.25) is 0 Å². The first-order valence-electron chi connectivity index (χ1n) is 7.39. The fraction of sp³-hybridized carbons (Fsp3) is 0.176. The summed E-state index contributed by atoms with van der Waals surface area (Å²) in [4.78, 5) is 23.8. The Morgan fingerprint density at radius 1 is 1.04 bits per heavy atom. The molecule has 2 N–H and O–H groups in total. The monoisotopic (exact) mass is 384 g/mol. The maximum Gasteiger partial charge on any atom is 0.411 e. The van der Waals surface area contributed by atoms with Gasteiger partial charge in [-0.3, -0.25) is 10.1 Å². The van der Waals surface area contributed by atoms with Gasteiger partial charge in [0, 0.05) is 18.5 Å². The van der Waals surface area contributed by atoms with E-state index < -0.39 is 23.6 Å². The summed E-state index contributed by atoms with van der Waals surface area (Å²) >= 11 is 5.77. The van der Waals surface area contributed by atoms with Gasteiger partial charge in [0.1, 0.15) is 6.61 Å². The number of benzene rings is 2. The zero-order chi connectivity index (χ0) is 19.1. The van der Waals surface area contributed by atoms with Gasteiger partial charge < -0.3 is 14.8 Å². The highest BCUT2D eigenvalue weighted by atomic mass is 35.5. The van der Waals surface area contributed by atoms with Crippen molar-refractivity contribution >= 4 is 35.0 Å². The SMILES string of the molecule is COCCOC(=O)Nc1cccc(NC(=O)c2cc(F)c(F)cc2Cl)c1. The van der Waals surface area contributed by atoms with Crippen LogP contribution in [0.1, 0.15) is 10.4 Å². The van der Waals surface area contributed by atoms with Crippen LogP contribution in [0.4, 0.5) is 25.0 Å². The van der Waals surface area contributed by atoms with Gasteiger partial charge in [-0.15, -0.1) is 0 Å². The predicted molar refractivity (Wildman–Crippen MR) is 92.6 cm³/mol. The molecule has 0 spiro atoms. The Hall–Kier alpha value is -2.71. The molecule has 0 aliphatic carbocycles. The van der Waals surface area contributed by atoms with Gasteiger partial charge in [-0.1, -0.05) is 17.7 Å². The number of ether oxygens (including phenoxy) is 2. The topological polar surface area (TPSA) is 76.7 Å². The minimum absolute atomic E-state index is 0.0907. The second kappa shape index (κ2) is 9.12. The van der Waals surface area contributed by atoms with Crippen molar-refractivity contribution in [3.63, 3.8) is 0 Å². The highest BCUT2D eigenvalue weighted by Crippen LogP contribution is 2.22. The van der Waals surface area contributed by atoms with Crippen molar-refractivity contribution in [2.24, 2.45) is 0 Å². The van der Waals surface area contributed by atoms with Gasteiger partial charge in [0.25, 0.3) is 5.91 Å². The summed E-state index contributed by atoms with van der Waals surface area (Å²) in [7, 11) is 1.48. The van der Waals surface area contributed by atoms with Crippen LogP contribution in [0, 0.1) is 11.6 Å². The molecule has 26 heavy (non-hydrogen) atoms. The van der Waals surface area contributed by atoms with E-state index in [1.807, 2.05) is 0 Å². The van der Waals surface area contributed by atoms with E-state index in [2.05, 4.69) is 10.6 Å². The van der Waals surface area contributed by atoms with Crippen molar-refractivity contribution in [2.45, 2.75) is 0 Å². The maximum atomic E-state index is 13.3. The highest BCUT2D eigenvalue weighted by Gasteiger charge is 2.15. The molecule has 138 valence electrons. The Morgan fingerprint density at radius 2 is 1.69 bits per heavy atom. The van der Waals surface area contributed by atoms with Gasteiger partial charge in [-0.2, -0.15) is 0 Å². The number of carbonyl (C=O) groups excluding carboxylic acids is 2. The molecule has 2 aromatic carbocycles. The zero-order valence-corrected chi connectivity index (χ0v) is 14.4. The lowest BCUT2D eigenvalue weighted by Gasteiger charge is -2.10. The standard InChI is InChI=1S/C17H15ClF2N2O4/c1-25-5-6-26-17(24)22-11-4-2-3-10(7-11)21-16(23)12-8-14(19)15(20)9-13(12)18/h2-4,7-9H,5-6H2,1H3,(H,21,23)(H,22,24). The molecule has 0 aromatic heterocycles. The summed E-state index contributed by atoms with van der Waals surface area (Å²) in [6, 6.07) is 7.60. The Morgan fingerprint density at radius 3 is 2.38 bits per heavy atom. The van der Waals surface area contributed by atoms with E-state index in [-0.39, 0.29) is 23.8 Å². The number of amides is 2. The summed E-state index contributed by atoms with van der Waals surface area (Å²) in [6.07, 6.45) is -0.686. The molecule has 6 nitrogen and oxygen atoms in total. The van der Waals surface area contributed by atoms with Crippen LogP contribution < -0.4 is 10.6 Å². The summed E-state index contributed by atoms with van der Waals surface area (Å²) in [5, 5.41) is 4.74. The molecule has 2 amide bonds. The predicted octanol–water partition coefficient (Wildman–Crippen LogP) is 4.07. The number of anilines is 2. The van der Waals surface area contributed by atoms with Crippen molar-refractivity contribution in [3.05, 3.63) is 58.6 Å². The van der Waals surface area contributed by atoms with Crippen LogP contribution in [0.3, 0.4) is 0 Å². The van der Waals surface area contributed by atoms with E-state index in [1.165, 1.54) is 13.2 Å². The first kappa shape index (κ1) is 19.6. The number of methoxy groups -OCH3 is 1. The summed E-state index contributed by atoms with van der Waals surface area (Å²) in [5.41, 5.74) is 0.454. The van der Waals surface area contributed by atoms with Crippen molar-refractivity contribution < 1.29 is 27.8 Å². The Kier molecular flexibility index (Phi) is 6.88. The lowest BCUT2D eigenvalue weighted by Crippen LogP contribution is -2.17. The van der Waals surface area contributed by atoms with Crippen LogP contribution in [0.25, 0.3) is 0 Å². The Labute approximate surface area is 153 Å². The molecule has 0 unspecified atom stereocenters. The third kappa shape index (κ3) is 5.40. The minimum Gasteiger partial charge on any atom is -0.447 e. The largest absolute Gasteiger partial charge is 0.447 e. The Balaban J connectivity index is 2.05. The van der Waals surface area contributed by atoms with Gasteiger partial charge in [0.15, 0.2) is 11.6 Å². The number of nitrogens with one attached hydrogen (secondary N) is 2. The maximum absolute atomic E-state index is 13.3. The minimum atomic E-state index is -1.19. The second-order valence-electron chi connectivity index (χ2n) is 5.03. The van der Waals surface area contributed by atoms with Gasteiger partial charge in [0.05, 0.1) is 17.2 Å². The Bertz CT molecular complexity index is 817. The second-order valence-corrected chi connectivity index (χ2v) is 5.44. The lowest BCUT2D eigenvalue weighted by molar-refractivity contribution is 0.102. The lowest BCUT2D eigenvalue weighted by atomic mass is 10.2. The first-order chi connectivity index (χ1) is 12.4. The molecule has 0 radical (unpaired) electrons. The van der Waals surface area contributed by atoms with E-state index in [4.69, 9.17) is 21.1 Å². The molecular weight excluding hydrogens is 370 g/mol. The average Bonchev–Trinajstić information content (AvgIpc) is 2.58. The fourth-order valence-electron chi connectivity index (χ4n) is 1.94. The summed E-state index contributed by atoms with van der Waals surface area (Å²) in [6.45, 7) is 0.353. The summed E-state index contributed by atoms with van der Waals surface area (Å²) < 4.78 is 36.0. The van der Waals surface area contributed by atoms with Crippen LogP contribution in [0.15, 0.2) is 36.4 Å². The van der Waals surface area contributed by atoms with Gasteiger partial charge >= 0.3 is 6.09 Å².